The predicted molar refractivity (Wildman–Crippen MR) is 47.5 cm³/mol. The fourth-order valence-electron chi connectivity index (χ4n) is 1.07. The number of carboxylic acid groups (broad SMARTS) is 3. The molecule has 102 valence electrons. The third-order valence-corrected chi connectivity index (χ3v) is 2.04. The average Bonchev–Trinajstić information content (AvgIpc) is 2.23. The molecule has 18 heavy (non-hydrogen) atoms. The van der Waals surface area contributed by atoms with Crippen molar-refractivity contribution in [3.05, 3.63) is 0 Å². The molecule has 0 heterocycles. The molecule has 0 radical (unpaired) electrons. The highest BCUT2D eigenvalue weighted by molar-refractivity contribution is 5.87. The van der Waals surface area contributed by atoms with E-state index in [1.54, 1.807) is 0 Å². The van der Waals surface area contributed by atoms with Crippen LogP contribution in [-0.2, 0) is 19.2 Å². The van der Waals surface area contributed by atoms with Gasteiger partial charge in [0.25, 0.3) is 5.91 Å². The minimum absolute atomic E-state index is 0.154. The minimum atomic E-state index is -1.78. The number of rotatable bonds is 8. The lowest BCUT2D eigenvalue weighted by molar-refractivity contribution is -0.406. The quantitative estimate of drug-likeness (QED) is 0.435. The molecular formula is C9H12N2O7-2. The van der Waals surface area contributed by atoms with Crippen LogP contribution in [0.1, 0.15) is 19.3 Å². The summed E-state index contributed by atoms with van der Waals surface area (Å²) in [5, 5.41) is 32.8. The molecule has 0 aromatic rings. The van der Waals surface area contributed by atoms with Crippen LogP contribution in [0.3, 0.4) is 0 Å². The summed E-state index contributed by atoms with van der Waals surface area (Å²) in [4.78, 5) is 42.2. The molecule has 9 heteroatoms. The molecule has 2 atom stereocenters. The molecule has 0 rings (SSSR count). The van der Waals surface area contributed by atoms with E-state index in [0.717, 1.165) is 0 Å². The van der Waals surface area contributed by atoms with Gasteiger partial charge in [0.1, 0.15) is 0 Å². The SMILES string of the molecule is [NH3+][C@H](CCC(=O)[O-])C(=O)N[C@H](CC(=O)[O-])C(=O)[O-]. The molecule has 0 aliphatic carbocycles. The van der Waals surface area contributed by atoms with Gasteiger partial charge in [-0.1, -0.05) is 0 Å². The van der Waals surface area contributed by atoms with Gasteiger partial charge in [-0.15, -0.1) is 0 Å². The summed E-state index contributed by atoms with van der Waals surface area (Å²) in [6.45, 7) is 0. The first kappa shape index (κ1) is 15.8. The van der Waals surface area contributed by atoms with Gasteiger partial charge in [-0.3, -0.25) is 4.79 Å². The summed E-state index contributed by atoms with van der Waals surface area (Å²) in [5.41, 5.74) is 3.32. The van der Waals surface area contributed by atoms with E-state index in [4.69, 9.17) is 0 Å². The van der Waals surface area contributed by atoms with E-state index in [-0.39, 0.29) is 6.42 Å². The molecule has 4 N–H and O–H groups in total. The number of carbonyl (C=O) groups excluding carboxylic acids is 4. The molecule has 0 bridgehead atoms. The first-order chi connectivity index (χ1) is 8.23. The number of nitrogens with one attached hydrogen (secondary N) is 1. The molecule has 0 saturated heterocycles. The molecule has 0 aliphatic heterocycles. The Balaban J connectivity index is 4.36. The standard InChI is InChI=1S/C9H14N2O7/c10-4(1-2-6(12)13)8(16)11-5(9(17)18)3-7(14)15/h4-5H,1-3,10H2,(H,11,16)(H,12,13)(H,14,15)(H,17,18)/p-2/t4-,5-/m1/s1. The van der Waals surface area contributed by atoms with Crippen molar-refractivity contribution in [2.24, 2.45) is 0 Å². The van der Waals surface area contributed by atoms with Crippen LogP contribution >= 0.6 is 0 Å². The smallest absolute Gasteiger partial charge is 0.278 e. The Bertz CT molecular complexity index is 355. The maximum Gasteiger partial charge on any atom is 0.278 e. The van der Waals surface area contributed by atoms with Crippen molar-refractivity contribution >= 4 is 23.8 Å². The summed E-state index contributed by atoms with van der Waals surface area (Å²) >= 11 is 0. The van der Waals surface area contributed by atoms with Gasteiger partial charge in [0, 0.05) is 24.8 Å². The van der Waals surface area contributed by atoms with Gasteiger partial charge in [-0.2, -0.15) is 0 Å². The van der Waals surface area contributed by atoms with E-state index < -0.39 is 48.7 Å². The monoisotopic (exact) mass is 260 g/mol. The zero-order valence-corrected chi connectivity index (χ0v) is 9.34. The molecule has 0 aromatic heterocycles. The lowest BCUT2D eigenvalue weighted by atomic mass is 10.1. The first-order valence-corrected chi connectivity index (χ1v) is 4.98. The van der Waals surface area contributed by atoms with Gasteiger partial charge >= 0.3 is 0 Å². The lowest BCUT2D eigenvalue weighted by Gasteiger charge is -2.21. The Morgan fingerprint density at radius 3 is 2.00 bits per heavy atom. The van der Waals surface area contributed by atoms with E-state index in [9.17, 15) is 34.5 Å². The Morgan fingerprint density at radius 2 is 1.61 bits per heavy atom. The molecule has 0 aliphatic rings. The molecule has 9 nitrogen and oxygen atoms in total. The summed E-state index contributed by atoms with van der Waals surface area (Å²) in [7, 11) is 0. The maximum absolute atomic E-state index is 11.4. The molecule has 1 amide bonds. The van der Waals surface area contributed by atoms with Crippen molar-refractivity contribution in [3.63, 3.8) is 0 Å². The topological polar surface area (TPSA) is 177 Å². The number of carboxylic acids is 3. The average molecular weight is 260 g/mol. The van der Waals surface area contributed by atoms with Gasteiger partial charge in [-0.05, 0) is 6.42 Å². The third kappa shape index (κ3) is 6.43. The van der Waals surface area contributed by atoms with Crippen LogP contribution in [0.25, 0.3) is 0 Å². The van der Waals surface area contributed by atoms with Crippen molar-refractivity contribution in [1.29, 1.82) is 0 Å². The van der Waals surface area contributed by atoms with E-state index in [0.29, 0.717) is 0 Å². The minimum Gasteiger partial charge on any atom is -0.550 e. The second kappa shape index (κ2) is 7.22. The Hall–Kier alpha value is -2.16. The Morgan fingerprint density at radius 1 is 1.06 bits per heavy atom. The van der Waals surface area contributed by atoms with Gasteiger partial charge in [0.15, 0.2) is 6.04 Å². The molecule has 0 saturated carbocycles. The van der Waals surface area contributed by atoms with Crippen LogP contribution in [0.2, 0.25) is 0 Å². The zero-order chi connectivity index (χ0) is 14.3. The van der Waals surface area contributed by atoms with Crippen molar-refractivity contribution in [3.8, 4) is 0 Å². The maximum atomic E-state index is 11.4. The van der Waals surface area contributed by atoms with E-state index in [1.807, 2.05) is 5.32 Å². The third-order valence-electron chi connectivity index (χ3n) is 2.04. The second-order valence-electron chi connectivity index (χ2n) is 3.56. The first-order valence-electron chi connectivity index (χ1n) is 4.98. The van der Waals surface area contributed by atoms with E-state index in [2.05, 4.69) is 5.73 Å². The van der Waals surface area contributed by atoms with Crippen molar-refractivity contribution in [2.75, 3.05) is 0 Å². The Labute approximate surface area is 102 Å². The van der Waals surface area contributed by atoms with Crippen LogP contribution in [0.5, 0.6) is 0 Å². The van der Waals surface area contributed by atoms with Gasteiger partial charge in [0.05, 0.1) is 12.0 Å². The van der Waals surface area contributed by atoms with Gasteiger partial charge in [0.2, 0.25) is 0 Å². The largest absolute Gasteiger partial charge is 0.550 e. The van der Waals surface area contributed by atoms with E-state index >= 15 is 0 Å². The molecule has 0 aromatic carbocycles. The fraction of sp³-hybridized carbons (Fsp3) is 0.556. The van der Waals surface area contributed by atoms with Crippen LogP contribution in [-0.4, -0.2) is 35.9 Å². The number of amides is 1. The number of quaternary nitrogens is 1. The molecule has 0 fully saturated rings. The highest BCUT2D eigenvalue weighted by Crippen LogP contribution is 1.95. The lowest BCUT2D eigenvalue weighted by Crippen LogP contribution is -2.69. The predicted octanol–water partition coefficient (Wildman–Crippen LogP) is -6.50. The molecule has 0 spiro atoms. The van der Waals surface area contributed by atoms with Crippen LogP contribution in [0.4, 0.5) is 0 Å². The number of aliphatic carboxylic acids is 3. The number of carbonyl (C=O) groups is 4. The van der Waals surface area contributed by atoms with E-state index in [1.165, 1.54) is 0 Å². The van der Waals surface area contributed by atoms with Crippen LogP contribution < -0.4 is 26.4 Å². The molecular weight excluding hydrogens is 248 g/mol. The Kier molecular flexibility index (Phi) is 6.35. The fourth-order valence-corrected chi connectivity index (χ4v) is 1.07. The summed E-state index contributed by atoms with van der Waals surface area (Å²) in [5.74, 6) is -5.70. The summed E-state index contributed by atoms with van der Waals surface area (Å²) in [6, 6.07) is -2.78. The van der Waals surface area contributed by atoms with Gasteiger partial charge in [-0.25, -0.2) is 0 Å². The molecule has 0 unspecified atom stereocenters. The highest BCUT2D eigenvalue weighted by atomic mass is 16.4. The summed E-state index contributed by atoms with van der Waals surface area (Å²) < 4.78 is 0. The summed E-state index contributed by atoms with van der Waals surface area (Å²) in [6.07, 6.45) is -1.52. The van der Waals surface area contributed by atoms with Crippen LogP contribution in [0.15, 0.2) is 0 Å². The van der Waals surface area contributed by atoms with Crippen molar-refractivity contribution < 1.29 is 40.2 Å². The zero-order valence-electron chi connectivity index (χ0n) is 9.34. The van der Waals surface area contributed by atoms with Crippen molar-refractivity contribution in [2.45, 2.75) is 31.3 Å². The number of hydrogen-bond donors (Lipinski definition) is 2. The normalized spacial score (nSPS) is 13.4. The highest BCUT2D eigenvalue weighted by Gasteiger charge is 2.21. The second-order valence-corrected chi connectivity index (χ2v) is 3.56. The number of hydrogen-bond acceptors (Lipinski definition) is 7. The van der Waals surface area contributed by atoms with Gasteiger partial charge < -0.3 is 40.8 Å². The van der Waals surface area contributed by atoms with Crippen LogP contribution in [0, 0.1) is 0 Å². The van der Waals surface area contributed by atoms with Crippen molar-refractivity contribution in [1.82, 2.24) is 5.32 Å².